The SMILES string of the molecule is O=P(O)(O)CCCNCc1cc(Cl)c(CCCCCCc2ccc(F)cc2)cc1F. The Bertz CT molecular complexity index is 843. The molecule has 0 unspecified atom stereocenters. The average Bonchev–Trinajstić information content (AvgIpc) is 2.68. The van der Waals surface area contributed by atoms with Crippen molar-refractivity contribution in [3.63, 3.8) is 0 Å². The molecular formula is C22H29ClF2NO3P. The van der Waals surface area contributed by atoms with Gasteiger partial charge in [-0.1, -0.05) is 36.6 Å². The summed E-state index contributed by atoms with van der Waals surface area (Å²) in [5.41, 5.74) is 2.37. The largest absolute Gasteiger partial charge is 0.325 e. The van der Waals surface area contributed by atoms with E-state index >= 15 is 0 Å². The standard InChI is InChI=1S/C22H29ClF2NO3P/c23-21-14-19(16-26-12-5-13-30(27,28)29)22(25)15-18(21)7-4-2-1-3-6-17-8-10-20(24)11-9-17/h8-11,14-15,26H,1-7,12-13,16H2,(H2,27,28,29). The number of hydrogen-bond acceptors (Lipinski definition) is 2. The quantitative estimate of drug-likeness (QED) is 0.268. The first kappa shape index (κ1) is 25.0. The van der Waals surface area contributed by atoms with Gasteiger partial charge in [0.25, 0.3) is 0 Å². The molecule has 0 aliphatic heterocycles. The van der Waals surface area contributed by atoms with Crippen molar-refractivity contribution in [3.05, 3.63) is 69.7 Å². The van der Waals surface area contributed by atoms with Crippen molar-refractivity contribution in [2.24, 2.45) is 0 Å². The summed E-state index contributed by atoms with van der Waals surface area (Å²) in [7, 11) is -3.99. The third kappa shape index (κ3) is 9.67. The molecule has 0 atom stereocenters. The highest BCUT2D eigenvalue weighted by Crippen LogP contribution is 2.34. The van der Waals surface area contributed by atoms with Gasteiger partial charge in [0.2, 0.25) is 0 Å². The number of nitrogens with one attached hydrogen (secondary N) is 1. The molecule has 0 fully saturated rings. The highest BCUT2D eigenvalue weighted by molar-refractivity contribution is 7.51. The minimum atomic E-state index is -3.99. The molecule has 8 heteroatoms. The number of halogens is 3. The molecular weight excluding hydrogens is 431 g/mol. The molecule has 0 spiro atoms. The normalized spacial score (nSPS) is 11.8. The molecule has 0 radical (unpaired) electrons. The predicted octanol–water partition coefficient (Wildman–Crippen LogP) is 5.62. The Morgan fingerprint density at radius 2 is 1.57 bits per heavy atom. The van der Waals surface area contributed by atoms with Crippen molar-refractivity contribution in [3.8, 4) is 0 Å². The van der Waals surface area contributed by atoms with Crippen LogP contribution in [0.5, 0.6) is 0 Å². The van der Waals surface area contributed by atoms with E-state index < -0.39 is 7.60 Å². The Hall–Kier alpha value is -1.30. The molecule has 2 aromatic rings. The summed E-state index contributed by atoms with van der Waals surface area (Å²) in [6.45, 7) is 0.651. The minimum absolute atomic E-state index is 0.188. The maximum Gasteiger partial charge on any atom is 0.325 e. The van der Waals surface area contributed by atoms with Gasteiger partial charge in [-0.3, -0.25) is 4.57 Å². The lowest BCUT2D eigenvalue weighted by Gasteiger charge is -2.11. The van der Waals surface area contributed by atoms with Crippen molar-refractivity contribution in [2.45, 2.75) is 51.5 Å². The summed E-state index contributed by atoms with van der Waals surface area (Å²) in [5.74, 6) is -0.544. The Kier molecular flexibility index (Phi) is 10.4. The summed E-state index contributed by atoms with van der Waals surface area (Å²) in [6.07, 6.45) is 5.78. The Labute approximate surface area is 181 Å². The van der Waals surface area contributed by atoms with Crippen LogP contribution in [0.15, 0.2) is 36.4 Å². The van der Waals surface area contributed by atoms with Crippen LogP contribution in [-0.2, 0) is 24.0 Å². The Morgan fingerprint density at radius 1 is 0.900 bits per heavy atom. The average molecular weight is 460 g/mol. The van der Waals surface area contributed by atoms with Crippen LogP contribution in [0.3, 0.4) is 0 Å². The van der Waals surface area contributed by atoms with Gasteiger partial charge < -0.3 is 15.1 Å². The second-order valence-corrected chi connectivity index (χ2v) is 9.68. The van der Waals surface area contributed by atoms with Crippen LogP contribution in [0.1, 0.15) is 48.8 Å². The van der Waals surface area contributed by atoms with Crippen LogP contribution < -0.4 is 5.32 Å². The third-order valence-electron chi connectivity index (χ3n) is 4.91. The van der Waals surface area contributed by atoms with Crippen LogP contribution in [0.25, 0.3) is 0 Å². The molecule has 0 saturated heterocycles. The number of unbranched alkanes of at least 4 members (excludes halogenated alkanes) is 3. The van der Waals surface area contributed by atoms with Crippen molar-refractivity contribution in [1.29, 1.82) is 0 Å². The van der Waals surface area contributed by atoms with Gasteiger partial charge in [-0.15, -0.1) is 0 Å². The molecule has 0 aliphatic carbocycles. The van der Waals surface area contributed by atoms with E-state index in [0.717, 1.165) is 43.2 Å². The second kappa shape index (κ2) is 12.5. The third-order valence-corrected chi connectivity index (χ3v) is 6.16. The molecule has 0 saturated carbocycles. The van der Waals surface area contributed by atoms with Crippen LogP contribution in [-0.4, -0.2) is 22.5 Å². The van der Waals surface area contributed by atoms with Crippen molar-refractivity contribution in [2.75, 3.05) is 12.7 Å². The fourth-order valence-corrected chi connectivity index (χ4v) is 4.09. The van der Waals surface area contributed by atoms with Crippen LogP contribution >= 0.6 is 19.2 Å². The maximum absolute atomic E-state index is 14.3. The first-order valence-corrected chi connectivity index (χ1v) is 12.4. The number of aryl methyl sites for hydroxylation is 2. The van der Waals surface area contributed by atoms with E-state index in [1.807, 2.05) is 12.1 Å². The summed E-state index contributed by atoms with van der Waals surface area (Å²) in [4.78, 5) is 17.6. The molecule has 0 heterocycles. The zero-order chi connectivity index (χ0) is 22.0. The van der Waals surface area contributed by atoms with Crippen molar-refractivity contribution in [1.82, 2.24) is 5.32 Å². The van der Waals surface area contributed by atoms with E-state index in [1.54, 1.807) is 6.07 Å². The lowest BCUT2D eigenvalue weighted by molar-refractivity contribution is 0.371. The Morgan fingerprint density at radius 3 is 2.23 bits per heavy atom. The molecule has 166 valence electrons. The molecule has 4 nitrogen and oxygen atoms in total. The van der Waals surface area contributed by atoms with Gasteiger partial charge in [-0.2, -0.15) is 0 Å². The topological polar surface area (TPSA) is 69.6 Å². The lowest BCUT2D eigenvalue weighted by atomic mass is 10.0. The smallest absolute Gasteiger partial charge is 0.324 e. The van der Waals surface area contributed by atoms with E-state index in [2.05, 4.69) is 5.32 Å². The molecule has 2 rings (SSSR count). The summed E-state index contributed by atoms with van der Waals surface area (Å²) < 4.78 is 38.0. The first-order valence-electron chi connectivity index (χ1n) is 10.2. The van der Waals surface area contributed by atoms with Gasteiger partial charge in [0.05, 0.1) is 6.16 Å². The Balaban J connectivity index is 1.67. The zero-order valence-electron chi connectivity index (χ0n) is 16.9. The van der Waals surface area contributed by atoms with Gasteiger partial charge in [-0.25, -0.2) is 8.78 Å². The van der Waals surface area contributed by atoms with Crippen LogP contribution in [0.4, 0.5) is 8.78 Å². The summed E-state index contributed by atoms with van der Waals surface area (Å²) in [5, 5.41) is 3.52. The molecule has 30 heavy (non-hydrogen) atoms. The molecule has 0 aliphatic rings. The van der Waals surface area contributed by atoms with Crippen LogP contribution in [0.2, 0.25) is 5.02 Å². The monoisotopic (exact) mass is 459 g/mol. The zero-order valence-corrected chi connectivity index (χ0v) is 18.6. The molecule has 0 bridgehead atoms. The van der Waals surface area contributed by atoms with Gasteiger partial charge in [0, 0.05) is 17.1 Å². The van der Waals surface area contributed by atoms with Gasteiger partial charge in [-0.05, 0) is 74.0 Å². The van der Waals surface area contributed by atoms with E-state index in [9.17, 15) is 13.3 Å². The fraction of sp³-hybridized carbons (Fsp3) is 0.455. The fourth-order valence-electron chi connectivity index (χ4n) is 3.24. The number of rotatable bonds is 13. The first-order chi connectivity index (χ1) is 14.2. The minimum Gasteiger partial charge on any atom is -0.324 e. The van der Waals surface area contributed by atoms with Gasteiger partial charge in [0.15, 0.2) is 0 Å². The van der Waals surface area contributed by atoms with Gasteiger partial charge in [0.1, 0.15) is 11.6 Å². The van der Waals surface area contributed by atoms with Crippen LogP contribution in [0, 0.1) is 11.6 Å². The molecule has 0 aromatic heterocycles. The van der Waals surface area contributed by atoms with E-state index in [-0.39, 0.29) is 24.3 Å². The lowest BCUT2D eigenvalue weighted by Crippen LogP contribution is -2.17. The highest BCUT2D eigenvalue weighted by Gasteiger charge is 2.12. The van der Waals surface area contributed by atoms with E-state index in [1.165, 1.54) is 18.2 Å². The van der Waals surface area contributed by atoms with E-state index in [4.69, 9.17) is 21.4 Å². The highest BCUT2D eigenvalue weighted by atomic mass is 35.5. The van der Waals surface area contributed by atoms with E-state index in [0.29, 0.717) is 30.0 Å². The summed E-state index contributed by atoms with van der Waals surface area (Å²) in [6, 6.07) is 9.68. The maximum atomic E-state index is 14.3. The summed E-state index contributed by atoms with van der Waals surface area (Å²) >= 11 is 6.31. The van der Waals surface area contributed by atoms with Crippen molar-refractivity contribution < 1.29 is 23.1 Å². The van der Waals surface area contributed by atoms with Gasteiger partial charge >= 0.3 is 7.60 Å². The number of benzene rings is 2. The van der Waals surface area contributed by atoms with Crippen molar-refractivity contribution >= 4 is 19.2 Å². The number of hydrogen-bond donors (Lipinski definition) is 3. The molecule has 3 N–H and O–H groups in total. The molecule has 2 aromatic carbocycles. The second-order valence-electron chi connectivity index (χ2n) is 7.49. The molecule has 0 amide bonds. The predicted molar refractivity (Wildman–Crippen MR) is 117 cm³/mol.